The van der Waals surface area contributed by atoms with Gasteiger partial charge in [-0.25, -0.2) is 4.79 Å². The lowest BCUT2D eigenvalue weighted by molar-refractivity contribution is -0.116. The number of amides is 2. The van der Waals surface area contributed by atoms with Crippen LogP contribution in [0.4, 0.5) is 5.69 Å². The number of para-hydroxylation sites is 1. The van der Waals surface area contributed by atoms with Gasteiger partial charge in [0.2, 0.25) is 5.91 Å². The van der Waals surface area contributed by atoms with Gasteiger partial charge in [-0.2, -0.15) is 0 Å². The minimum atomic E-state index is -0.454. The summed E-state index contributed by atoms with van der Waals surface area (Å²) in [6.45, 7) is 0.360. The molecule has 2 amide bonds. The summed E-state index contributed by atoms with van der Waals surface area (Å²) >= 11 is 0. The van der Waals surface area contributed by atoms with Crippen molar-refractivity contribution < 1.29 is 19.1 Å². The fraction of sp³-hybridized carbons (Fsp3) is 0.182. The maximum Gasteiger partial charge on any atom is 0.337 e. The van der Waals surface area contributed by atoms with E-state index in [1.807, 2.05) is 30.3 Å². The molecule has 3 aromatic rings. The van der Waals surface area contributed by atoms with Gasteiger partial charge in [-0.05, 0) is 42.8 Å². The summed E-state index contributed by atoms with van der Waals surface area (Å²) in [4.78, 5) is 40.1. The Morgan fingerprint density at radius 2 is 1.69 bits per heavy atom. The number of esters is 1. The molecular formula is C22H21N3O4. The number of rotatable bonds is 7. The van der Waals surface area contributed by atoms with Gasteiger partial charge in [0.05, 0.1) is 23.9 Å². The Morgan fingerprint density at radius 3 is 2.45 bits per heavy atom. The summed E-state index contributed by atoms with van der Waals surface area (Å²) < 4.78 is 4.62. The largest absolute Gasteiger partial charge is 0.465 e. The van der Waals surface area contributed by atoms with Crippen LogP contribution in [0.15, 0.2) is 60.8 Å². The van der Waals surface area contributed by atoms with Gasteiger partial charge < -0.3 is 15.4 Å². The number of aromatic nitrogens is 1. The minimum absolute atomic E-state index is 0.139. The topological polar surface area (TPSA) is 97.4 Å². The summed E-state index contributed by atoms with van der Waals surface area (Å²) in [7, 11) is 1.30. The number of hydrogen-bond acceptors (Lipinski definition) is 5. The number of carbonyl (C=O) groups is 3. The molecule has 7 heteroatoms. The van der Waals surface area contributed by atoms with E-state index in [0.717, 1.165) is 10.9 Å². The molecule has 0 atom stereocenters. The van der Waals surface area contributed by atoms with Gasteiger partial charge in [0.25, 0.3) is 5.91 Å². The van der Waals surface area contributed by atoms with Crippen molar-refractivity contribution in [3.63, 3.8) is 0 Å². The van der Waals surface area contributed by atoms with Gasteiger partial charge >= 0.3 is 5.97 Å². The fourth-order valence-electron chi connectivity index (χ4n) is 2.85. The normalized spacial score (nSPS) is 10.4. The van der Waals surface area contributed by atoms with E-state index < -0.39 is 5.97 Å². The van der Waals surface area contributed by atoms with Crippen LogP contribution in [0.3, 0.4) is 0 Å². The number of carbonyl (C=O) groups excluding carboxylic acids is 3. The fourth-order valence-corrected chi connectivity index (χ4v) is 2.85. The smallest absolute Gasteiger partial charge is 0.337 e. The zero-order chi connectivity index (χ0) is 20.6. The maximum atomic E-state index is 12.2. The number of anilines is 1. The van der Waals surface area contributed by atoms with Crippen molar-refractivity contribution in [2.45, 2.75) is 12.8 Å². The van der Waals surface area contributed by atoms with Crippen LogP contribution in [0.1, 0.15) is 33.6 Å². The molecule has 29 heavy (non-hydrogen) atoms. The monoisotopic (exact) mass is 391 g/mol. The Bertz CT molecular complexity index is 1030. The highest BCUT2D eigenvalue weighted by molar-refractivity contribution is 6.00. The van der Waals surface area contributed by atoms with Gasteiger partial charge in [0, 0.05) is 30.1 Å². The average molecular weight is 391 g/mol. The minimum Gasteiger partial charge on any atom is -0.465 e. The second-order valence-corrected chi connectivity index (χ2v) is 6.36. The zero-order valence-corrected chi connectivity index (χ0v) is 16.0. The van der Waals surface area contributed by atoms with Gasteiger partial charge in [0.1, 0.15) is 0 Å². The van der Waals surface area contributed by atoms with Gasteiger partial charge in [0.15, 0.2) is 0 Å². The number of pyridine rings is 1. The van der Waals surface area contributed by atoms with E-state index in [0.29, 0.717) is 29.8 Å². The van der Waals surface area contributed by atoms with Crippen molar-refractivity contribution in [2.75, 3.05) is 19.0 Å². The second kappa shape index (κ2) is 9.45. The lowest BCUT2D eigenvalue weighted by atomic mass is 10.1. The van der Waals surface area contributed by atoms with Crippen LogP contribution in [-0.2, 0) is 9.53 Å². The Morgan fingerprint density at radius 1 is 0.966 bits per heavy atom. The summed E-state index contributed by atoms with van der Waals surface area (Å²) in [5.41, 5.74) is 2.22. The van der Waals surface area contributed by atoms with Gasteiger partial charge in [-0.1, -0.05) is 18.2 Å². The number of benzene rings is 2. The highest BCUT2D eigenvalue weighted by Gasteiger charge is 2.10. The van der Waals surface area contributed by atoms with Crippen LogP contribution in [0.2, 0.25) is 0 Å². The molecule has 0 radical (unpaired) electrons. The summed E-state index contributed by atoms with van der Waals surface area (Å²) in [5.74, 6) is -0.857. The molecular weight excluding hydrogens is 370 g/mol. The summed E-state index contributed by atoms with van der Waals surface area (Å²) in [6, 6.07) is 15.6. The van der Waals surface area contributed by atoms with Crippen molar-refractivity contribution in [1.29, 1.82) is 0 Å². The zero-order valence-electron chi connectivity index (χ0n) is 16.0. The molecule has 0 bridgehead atoms. The summed E-state index contributed by atoms with van der Waals surface area (Å²) in [5, 5.41) is 6.59. The summed E-state index contributed by atoms with van der Waals surface area (Å²) in [6.07, 6.45) is 2.45. The van der Waals surface area contributed by atoms with Crippen LogP contribution in [0.5, 0.6) is 0 Å². The Labute approximate surface area is 168 Å². The molecule has 0 saturated heterocycles. The van der Waals surface area contributed by atoms with Gasteiger partial charge in [-0.3, -0.25) is 14.6 Å². The lowest BCUT2D eigenvalue weighted by Gasteiger charge is -2.09. The quantitative estimate of drug-likeness (QED) is 0.476. The molecule has 0 aliphatic heterocycles. The molecule has 7 nitrogen and oxygen atoms in total. The molecule has 0 aliphatic carbocycles. The first-order chi connectivity index (χ1) is 14.1. The van der Waals surface area contributed by atoms with E-state index in [2.05, 4.69) is 20.4 Å². The molecule has 1 aromatic heterocycles. The predicted molar refractivity (Wildman–Crippen MR) is 110 cm³/mol. The molecule has 0 saturated carbocycles. The Kier molecular flexibility index (Phi) is 6.52. The van der Waals surface area contributed by atoms with Crippen molar-refractivity contribution >= 4 is 34.4 Å². The van der Waals surface area contributed by atoms with Crippen LogP contribution in [-0.4, -0.2) is 36.4 Å². The standard InChI is InChI=1S/C22H21N3O4/c1-29-22(28)17-11-9-16(10-12-17)21(27)24-14-4-8-19(26)25-18-7-2-5-15-6-3-13-23-20(15)18/h2-3,5-7,9-13H,4,8,14H2,1H3,(H,24,27)(H,25,26). The SMILES string of the molecule is COC(=O)c1ccc(C(=O)NCCCC(=O)Nc2cccc3cccnc23)cc1. The van der Waals surface area contributed by atoms with Crippen molar-refractivity contribution in [2.24, 2.45) is 0 Å². The lowest BCUT2D eigenvalue weighted by Crippen LogP contribution is -2.25. The first-order valence-electron chi connectivity index (χ1n) is 9.18. The van der Waals surface area contributed by atoms with E-state index in [4.69, 9.17) is 0 Å². The van der Waals surface area contributed by atoms with E-state index in [-0.39, 0.29) is 18.2 Å². The first-order valence-corrected chi connectivity index (χ1v) is 9.18. The first kappa shape index (κ1) is 20.0. The third kappa shape index (κ3) is 5.16. The van der Waals surface area contributed by atoms with Crippen LogP contribution in [0.25, 0.3) is 10.9 Å². The number of ether oxygens (including phenoxy) is 1. The van der Waals surface area contributed by atoms with Crippen molar-refractivity contribution in [3.05, 3.63) is 71.9 Å². The van der Waals surface area contributed by atoms with E-state index in [9.17, 15) is 14.4 Å². The van der Waals surface area contributed by atoms with E-state index in [1.54, 1.807) is 18.3 Å². The molecule has 0 fully saturated rings. The third-order valence-electron chi connectivity index (χ3n) is 4.34. The molecule has 0 spiro atoms. The van der Waals surface area contributed by atoms with E-state index >= 15 is 0 Å². The van der Waals surface area contributed by atoms with Gasteiger partial charge in [-0.15, -0.1) is 0 Å². The Balaban J connectivity index is 1.45. The number of methoxy groups -OCH3 is 1. The van der Waals surface area contributed by atoms with Crippen molar-refractivity contribution in [3.8, 4) is 0 Å². The highest BCUT2D eigenvalue weighted by Crippen LogP contribution is 2.20. The molecule has 3 rings (SSSR count). The third-order valence-corrected chi connectivity index (χ3v) is 4.34. The average Bonchev–Trinajstić information content (AvgIpc) is 2.76. The van der Waals surface area contributed by atoms with Crippen LogP contribution in [0, 0.1) is 0 Å². The highest BCUT2D eigenvalue weighted by atomic mass is 16.5. The predicted octanol–water partition coefficient (Wildman–Crippen LogP) is 3.17. The second-order valence-electron chi connectivity index (χ2n) is 6.36. The molecule has 2 N–H and O–H groups in total. The molecule has 0 aliphatic rings. The number of hydrogen-bond donors (Lipinski definition) is 2. The molecule has 1 heterocycles. The molecule has 0 unspecified atom stereocenters. The molecule has 148 valence electrons. The number of fused-ring (bicyclic) bond motifs is 1. The maximum absolute atomic E-state index is 12.2. The number of nitrogens with one attached hydrogen (secondary N) is 2. The molecule has 2 aromatic carbocycles. The van der Waals surface area contributed by atoms with Crippen LogP contribution >= 0.6 is 0 Å². The van der Waals surface area contributed by atoms with E-state index in [1.165, 1.54) is 19.2 Å². The number of nitrogens with zero attached hydrogens (tertiary/aromatic N) is 1. The van der Waals surface area contributed by atoms with Crippen LogP contribution < -0.4 is 10.6 Å². The van der Waals surface area contributed by atoms with Crippen molar-refractivity contribution in [1.82, 2.24) is 10.3 Å². The Hall–Kier alpha value is -3.74.